The van der Waals surface area contributed by atoms with Gasteiger partial charge in [-0.1, -0.05) is 0 Å². The number of aliphatic carboxylic acids is 1. The molecule has 1 unspecified atom stereocenters. The van der Waals surface area contributed by atoms with Crippen molar-refractivity contribution in [3.8, 4) is 11.5 Å². The third kappa shape index (κ3) is 3.40. The normalized spacial score (nSPS) is 15.4. The zero-order valence-electron chi connectivity index (χ0n) is 13.0. The first-order chi connectivity index (χ1) is 9.97. The van der Waals surface area contributed by atoms with Crippen LogP contribution in [-0.4, -0.2) is 39.4 Å². The summed E-state index contributed by atoms with van der Waals surface area (Å²) in [6, 6.07) is 3.85. The van der Waals surface area contributed by atoms with Crippen LogP contribution in [0.2, 0.25) is 0 Å². The molecule has 0 heterocycles. The Balaban J connectivity index is 2.47. The van der Waals surface area contributed by atoms with Crippen molar-refractivity contribution < 1.29 is 19.4 Å². The lowest BCUT2D eigenvalue weighted by Gasteiger charge is -2.23. The van der Waals surface area contributed by atoms with Gasteiger partial charge in [0.2, 0.25) is 0 Å². The molecule has 5 heteroatoms. The molecule has 21 heavy (non-hydrogen) atoms. The van der Waals surface area contributed by atoms with Crippen molar-refractivity contribution in [3.63, 3.8) is 0 Å². The maximum atomic E-state index is 11.2. The van der Waals surface area contributed by atoms with Crippen LogP contribution >= 0.6 is 0 Å². The molecule has 0 aromatic heterocycles. The summed E-state index contributed by atoms with van der Waals surface area (Å²) in [7, 11) is 7.12. The Kier molecular flexibility index (Phi) is 4.60. The van der Waals surface area contributed by atoms with Crippen molar-refractivity contribution >= 4 is 11.7 Å². The number of hydrogen-bond acceptors (Lipinski definition) is 4. The quantitative estimate of drug-likeness (QED) is 0.837. The van der Waals surface area contributed by atoms with Gasteiger partial charge in [0.1, 0.15) is 11.5 Å². The van der Waals surface area contributed by atoms with Gasteiger partial charge in [-0.15, -0.1) is 0 Å². The zero-order chi connectivity index (χ0) is 15.6. The number of rotatable bonds is 7. The van der Waals surface area contributed by atoms with E-state index >= 15 is 0 Å². The van der Waals surface area contributed by atoms with Gasteiger partial charge in [0, 0.05) is 31.6 Å². The minimum absolute atomic E-state index is 0.0115. The zero-order valence-corrected chi connectivity index (χ0v) is 13.0. The number of carbonyl (C=O) groups is 1. The molecule has 1 atom stereocenters. The maximum absolute atomic E-state index is 11.2. The Morgan fingerprint density at radius 1 is 1.29 bits per heavy atom. The van der Waals surface area contributed by atoms with Gasteiger partial charge in [0.15, 0.2) is 0 Å². The summed E-state index contributed by atoms with van der Waals surface area (Å²) in [4.78, 5) is 13.1. The highest BCUT2D eigenvalue weighted by Gasteiger charge is 2.36. The van der Waals surface area contributed by atoms with Crippen molar-refractivity contribution in [2.24, 2.45) is 5.92 Å². The SMILES string of the molecule is COc1cc(N(C)C)c(OC)cc1C(CC(=O)O)C1CC1. The molecule has 0 amide bonds. The van der Waals surface area contributed by atoms with Crippen molar-refractivity contribution in [1.82, 2.24) is 0 Å². The summed E-state index contributed by atoms with van der Waals surface area (Å²) in [5, 5.41) is 9.17. The van der Waals surface area contributed by atoms with Crippen LogP contribution in [0.25, 0.3) is 0 Å². The van der Waals surface area contributed by atoms with E-state index in [9.17, 15) is 9.90 Å². The van der Waals surface area contributed by atoms with Crippen molar-refractivity contribution in [1.29, 1.82) is 0 Å². The molecule has 0 bridgehead atoms. The van der Waals surface area contributed by atoms with Gasteiger partial charge in [-0.05, 0) is 24.8 Å². The van der Waals surface area contributed by atoms with E-state index in [4.69, 9.17) is 9.47 Å². The Morgan fingerprint density at radius 2 is 1.90 bits per heavy atom. The molecule has 1 saturated carbocycles. The molecule has 1 N–H and O–H groups in total. The maximum Gasteiger partial charge on any atom is 0.303 e. The summed E-state index contributed by atoms with van der Waals surface area (Å²) in [5.41, 5.74) is 1.85. The Bertz CT molecular complexity index is 523. The van der Waals surface area contributed by atoms with Gasteiger partial charge >= 0.3 is 5.97 Å². The van der Waals surface area contributed by atoms with E-state index in [1.54, 1.807) is 14.2 Å². The number of hydrogen-bond donors (Lipinski definition) is 1. The molecule has 1 aliphatic carbocycles. The van der Waals surface area contributed by atoms with Gasteiger partial charge < -0.3 is 19.5 Å². The summed E-state index contributed by atoms with van der Waals surface area (Å²) in [6.07, 6.45) is 2.29. The van der Waals surface area contributed by atoms with Crippen molar-refractivity contribution in [2.45, 2.75) is 25.2 Å². The van der Waals surface area contributed by atoms with Crippen LogP contribution in [0, 0.1) is 5.92 Å². The van der Waals surface area contributed by atoms with E-state index in [0.717, 1.165) is 35.6 Å². The fourth-order valence-corrected chi connectivity index (χ4v) is 2.76. The van der Waals surface area contributed by atoms with E-state index in [0.29, 0.717) is 5.92 Å². The fraction of sp³-hybridized carbons (Fsp3) is 0.562. The number of methoxy groups -OCH3 is 2. The Morgan fingerprint density at radius 3 is 2.33 bits per heavy atom. The average molecular weight is 293 g/mol. The smallest absolute Gasteiger partial charge is 0.303 e. The van der Waals surface area contributed by atoms with E-state index in [1.165, 1.54) is 0 Å². The number of carboxylic acid groups (broad SMARTS) is 1. The second-order valence-electron chi connectivity index (χ2n) is 5.70. The molecule has 1 aliphatic rings. The predicted octanol–water partition coefficient (Wildman–Crippen LogP) is 2.74. The van der Waals surface area contributed by atoms with E-state index in [-0.39, 0.29) is 12.3 Å². The lowest BCUT2D eigenvalue weighted by Crippen LogP contribution is -2.13. The van der Waals surface area contributed by atoms with E-state index in [2.05, 4.69) is 0 Å². The summed E-state index contributed by atoms with van der Waals surface area (Å²) < 4.78 is 11.0. The van der Waals surface area contributed by atoms with E-state index < -0.39 is 5.97 Å². The number of nitrogens with zero attached hydrogens (tertiary/aromatic N) is 1. The molecule has 0 spiro atoms. The lowest BCUT2D eigenvalue weighted by molar-refractivity contribution is -0.137. The Labute approximate surface area is 125 Å². The summed E-state index contributed by atoms with van der Waals surface area (Å²) >= 11 is 0. The first kappa shape index (κ1) is 15.5. The van der Waals surface area contributed by atoms with E-state index in [1.807, 2.05) is 31.1 Å². The first-order valence-electron chi connectivity index (χ1n) is 7.13. The second-order valence-corrected chi connectivity index (χ2v) is 5.70. The molecule has 0 aliphatic heterocycles. The van der Waals surface area contributed by atoms with Gasteiger partial charge in [0.05, 0.1) is 26.3 Å². The molecule has 1 fully saturated rings. The second kappa shape index (κ2) is 6.24. The molecule has 0 saturated heterocycles. The molecule has 1 aromatic carbocycles. The van der Waals surface area contributed by atoms with Crippen LogP contribution < -0.4 is 14.4 Å². The molecule has 2 rings (SSSR count). The first-order valence-corrected chi connectivity index (χ1v) is 7.13. The number of benzene rings is 1. The summed E-state index contributed by atoms with van der Waals surface area (Å²) in [6.45, 7) is 0. The van der Waals surface area contributed by atoms with Crippen LogP contribution in [-0.2, 0) is 4.79 Å². The number of ether oxygens (including phenoxy) is 2. The largest absolute Gasteiger partial charge is 0.496 e. The highest BCUT2D eigenvalue weighted by Crippen LogP contribution is 2.49. The third-order valence-corrected chi connectivity index (χ3v) is 4.00. The fourth-order valence-electron chi connectivity index (χ4n) is 2.76. The van der Waals surface area contributed by atoms with Gasteiger partial charge in [-0.3, -0.25) is 4.79 Å². The van der Waals surface area contributed by atoms with Gasteiger partial charge in [-0.25, -0.2) is 0 Å². The number of carboxylic acids is 1. The van der Waals surface area contributed by atoms with Crippen LogP contribution in [0.1, 0.15) is 30.7 Å². The molecule has 0 radical (unpaired) electrons. The van der Waals surface area contributed by atoms with Crippen LogP contribution in [0.3, 0.4) is 0 Å². The third-order valence-electron chi connectivity index (χ3n) is 4.00. The molecule has 116 valence electrons. The van der Waals surface area contributed by atoms with Crippen LogP contribution in [0.15, 0.2) is 12.1 Å². The van der Waals surface area contributed by atoms with Gasteiger partial charge in [0.25, 0.3) is 0 Å². The van der Waals surface area contributed by atoms with Crippen molar-refractivity contribution in [3.05, 3.63) is 17.7 Å². The predicted molar refractivity (Wildman–Crippen MR) is 81.6 cm³/mol. The van der Waals surface area contributed by atoms with Gasteiger partial charge in [-0.2, -0.15) is 0 Å². The highest BCUT2D eigenvalue weighted by atomic mass is 16.5. The molecular formula is C16H23NO4. The monoisotopic (exact) mass is 293 g/mol. The summed E-state index contributed by atoms with van der Waals surface area (Å²) in [5.74, 6) is 1.13. The molecule has 5 nitrogen and oxygen atoms in total. The lowest BCUT2D eigenvalue weighted by atomic mass is 9.89. The van der Waals surface area contributed by atoms with Crippen molar-refractivity contribution in [2.75, 3.05) is 33.2 Å². The van der Waals surface area contributed by atoms with Crippen LogP contribution in [0.4, 0.5) is 5.69 Å². The molecule has 1 aromatic rings. The topological polar surface area (TPSA) is 59.0 Å². The highest BCUT2D eigenvalue weighted by molar-refractivity contribution is 5.70. The Hall–Kier alpha value is -1.91. The van der Waals surface area contributed by atoms with Crippen LogP contribution in [0.5, 0.6) is 11.5 Å². The minimum atomic E-state index is -0.774. The minimum Gasteiger partial charge on any atom is -0.496 e. The standard InChI is InChI=1S/C16H23NO4/c1-17(2)13-9-14(20-3)12(7-15(13)21-4)11(8-16(18)19)10-5-6-10/h7,9-11H,5-6,8H2,1-4H3,(H,18,19). The molecular weight excluding hydrogens is 270 g/mol. The average Bonchev–Trinajstić information content (AvgIpc) is 3.27. The number of anilines is 1.